The van der Waals surface area contributed by atoms with Crippen molar-refractivity contribution >= 4 is 10.0 Å². The molecule has 2 fully saturated rings. The van der Waals surface area contributed by atoms with Crippen molar-refractivity contribution in [2.45, 2.75) is 43.1 Å². The lowest BCUT2D eigenvalue weighted by atomic mass is 10.3. The largest absolute Gasteiger partial charge is 0.381 e. The number of methoxy groups -OCH3 is 1. The zero-order valence-corrected chi connectivity index (χ0v) is 10.4. The van der Waals surface area contributed by atoms with Gasteiger partial charge in [0.25, 0.3) is 0 Å². The molecular weight excluding hydrogens is 228 g/mol. The molecule has 1 aliphatic heterocycles. The smallest absolute Gasteiger partial charge is 0.216 e. The van der Waals surface area contributed by atoms with Crippen LogP contribution in [0.4, 0.5) is 0 Å². The van der Waals surface area contributed by atoms with E-state index in [0.717, 1.165) is 32.2 Å². The average molecular weight is 248 g/mol. The molecular formula is C10H20N2O3S. The number of nitrogens with one attached hydrogen (secondary N) is 2. The molecule has 1 saturated heterocycles. The SMILES string of the molecule is COC1CCC(NS(=O)(=O)C2CCNC2)C1. The van der Waals surface area contributed by atoms with Crippen molar-refractivity contribution in [2.24, 2.45) is 0 Å². The van der Waals surface area contributed by atoms with E-state index in [1.54, 1.807) is 7.11 Å². The zero-order valence-electron chi connectivity index (χ0n) is 9.61. The molecule has 2 rings (SSSR count). The topological polar surface area (TPSA) is 67.4 Å². The molecule has 0 bridgehead atoms. The van der Waals surface area contributed by atoms with E-state index in [4.69, 9.17) is 4.74 Å². The summed E-state index contributed by atoms with van der Waals surface area (Å²) >= 11 is 0. The molecule has 0 aromatic carbocycles. The van der Waals surface area contributed by atoms with Gasteiger partial charge in [-0.3, -0.25) is 0 Å². The van der Waals surface area contributed by atoms with Crippen molar-refractivity contribution < 1.29 is 13.2 Å². The molecule has 1 saturated carbocycles. The van der Waals surface area contributed by atoms with Gasteiger partial charge in [0, 0.05) is 19.7 Å². The van der Waals surface area contributed by atoms with Gasteiger partial charge in [-0.25, -0.2) is 13.1 Å². The van der Waals surface area contributed by atoms with Gasteiger partial charge in [0.05, 0.1) is 11.4 Å². The summed E-state index contributed by atoms with van der Waals surface area (Å²) in [5, 5.41) is 2.82. The highest BCUT2D eigenvalue weighted by molar-refractivity contribution is 7.90. The number of ether oxygens (including phenoxy) is 1. The first-order valence-corrected chi connectivity index (χ1v) is 7.41. The monoisotopic (exact) mass is 248 g/mol. The summed E-state index contributed by atoms with van der Waals surface area (Å²) in [7, 11) is -1.46. The molecule has 0 aromatic heterocycles. The maximum Gasteiger partial charge on any atom is 0.216 e. The first-order valence-electron chi connectivity index (χ1n) is 5.86. The van der Waals surface area contributed by atoms with Gasteiger partial charge in [-0.15, -0.1) is 0 Å². The normalized spacial score (nSPS) is 35.7. The van der Waals surface area contributed by atoms with Gasteiger partial charge >= 0.3 is 0 Å². The van der Waals surface area contributed by atoms with Crippen LogP contribution < -0.4 is 10.0 Å². The Bertz CT molecular complexity index is 325. The third-order valence-electron chi connectivity index (χ3n) is 3.50. The molecule has 3 unspecified atom stereocenters. The minimum atomic E-state index is -3.14. The van der Waals surface area contributed by atoms with Crippen molar-refractivity contribution in [3.8, 4) is 0 Å². The maximum absolute atomic E-state index is 12.0. The number of hydrogen-bond acceptors (Lipinski definition) is 4. The third kappa shape index (κ3) is 2.74. The standard InChI is InChI=1S/C10H20N2O3S/c1-15-9-3-2-8(6-9)12-16(13,14)10-4-5-11-7-10/h8-12H,2-7H2,1H3. The van der Waals surface area contributed by atoms with Crippen LogP contribution in [0.2, 0.25) is 0 Å². The van der Waals surface area contributed by atoms with Gasteiger partial charge < -0.3 is 10.1 Å². The van der Waals surface area contributed by atoms with Gasteiger partial charge in [0.2, 0.25) is 10.0 Å². The quantitative estimate of drug-likeness (QED) is 0.725. The second-order valence-electron chi connectivity index (χ2n) is 4.65. The van der Waals surface area contributed by atoms with Crippen LogP contribution in [-0.4, -0.2) is 46.0 Å². The van der Waals surface area contributed by atoms with Gasteiger partial charge in [0.15, 0.2) is 0 Å². The predicted octanol–water partition coefficient (Wildman–Crippen LogP) is -0.165. The Hall–Kier alpha value is -0.170. The summed E-state index contributed by atoms with van der Waals surface area (Å²) in [6.07, 6.45) is 3.57. The highest BCUT2D eigenvalue weighted by atomic mass is 32.2. The molecule has 16 heavy (non-hydrogen) atoms. The Morgan fingerprint density at radius 1 is 1.31 bits per heavy atom. The van der Waals surface area contributed by atoms with Gasteiger partial charge in [-0.05, 0) is 32.2 Å². The Labute approximate surface area is 97.0 Å². The van der Waals surface area contributed by atoms with Crippen LogP contribution in [-0.2, 0) is 14.8 Å². The van der Waals surface area contributed by atoms with Crippen LogP contribution >= 0.6 is 0 Å². The third-order valence-corrected chi connectivity index (χ3v) is 5.44. The Morgan fingerprint density at radius 2 is 2.12 bits per heavy atom. The average Bonchev–Trinajstić information content (AvgIpc) is 2.86. The van der Waals surface area contributed by atoms with Gasteiger partial charge in [0.1, 0.15) is 0 Å². The Morgan fingerprint density at radius 3 is 2.69 bits per heavy atom. The molecule has 94 valence electrons. The van der Waals surface area contributed by atoms with Crippen LogP contribution in [0.15, 0.2) is 0 Å². The van der Waals surface area contributed by atoms with E-state index in [2.05, 4.69) is 10.0 Å². The molecule has 3 atom stereocenters. The Kier molecular flexibility index (Phi) is 3.84. The Balaban J connectivity index is 1.89. The van der Waals surface area contributed by atoms with Crippen LogP contribution in [0.25, 0.3) is 0 Å². The van der Waals surface area contributed by atoms with Crippen molar-refractivity contribution in [2.75, 3.05) is 20.2 Å². The van der Waals surface area contributed by atoms with Crippen LogP contribution in [0.3, 0.4) is 0 Å². The van der Waals surface area contributed by atoms with E-state index in [1.165, 1.54) is 0 Å². The zero-order chi connectivity index (χ0) is 11.6. The predicted molar refractivity (Wildman–Crippen MR) is 61.8 cm³/mol. The minimum Gasteiger partial charge on any atom is -0.381 e. The fraction of sp³-hybridized carbons (Fsp3) is 1.00. The van der Waals surface area contributed by atoms with Crippen molar-refractivity contribution in [1.29, 1.82) is 0 Å². The van der Waals surface area contributed by atoms with E-state index in [9.17, 15) is 8.42 Å². The second kappa shape index (κ2) is 5.00. The minimum absolute atomic E-state index is 0.0653. The lowest BCUT2D eigenvalue weighted by molar-refractivity contribution is 0.107. The van der Waals surface area contributed by atoms with E-state index in [1.807, 2.05) is 0 Å². The van der Waals surface area contributed by atoms with E-state index < -0.39 is 10.0 Å². The van der Waals surface area contributed by atoms with E-state index >= 15 is 0 Å². The van der Waals surface area contributed by atoms with Crippen molar-refractivity contribution in [3.63, 3.8) is 0 Å². The summed E-state index contributed by atoms with van der Waals surface area (Å²) in [4.78, 5) is 0. The van der Waals surface area contributed by atoms with Gasteiger partial charge in [-0.1, -0.05) is 0 Å². The number of rotatable bonds is 4. The number of sulfonamides is 1. The highest BCUT2D eigenvalue weighted by Gasteiger charge is 2.33. The summed E-state index contributed by atoms with van der Waals surface area (Å²) in [6.45, 7) is 1.38. The van der Waals surface area contributed by atoms with Crippen molar-refractivity contribution in [3.05, 3.63) is 0 Å². The van der Waals surface area contributed by atoms with Crippen LogP contribution in [0.1, 0.15) is 25.7 Å². The number of hydrogen-bond donors (Lipinski definition) is 2. The highest BCUT2D eigenvalue weighted by Crippen LogP contribution is 2.23. The fourth-order valence-electron chi connectivity index (χ4n) is 2.48. The maximum atomic E-state index is 12.0. The molecule has 2 aliphatic rings. The van der Waals surface area contributed by atoms with Gasteiger partial charge in [-0.2, -0.15) is 0 Å². The van der Waals surface area contributed by atoms with Crippen LogP contribution in [0.5, 0.6) is 0 Å². The fourth-order valence-corrected chi connectivity index (χ4v) is 4.12. The van der Waals surface area contributed by atoms with Crippen molar-refractivity contribution in [1.82, 2.24) is 10.0 Å². The first-order chi connectivity index (χ1) is 7.62. The molecule has 0 amide bonds. The summed E-state index contributed by atoms with van der Waals surface area (Å²) < 4.78 is 32.0. The lowest BCUT2D eigenvalue weighted by Gasteiger charge is -2.16. The molecule has 5 nitrogen and oxygen atoms in total. The summed E-state index contributed by atoms with van der Waals surface area (Å²) in [5.74, 6) is 0. The molecule has 1 aliphatic carbocycles. The molecule has 2 N–H and O–H groups in total. The second-order valence-corrected chi connectivity index (χ2v) is 6.64. The van der Waals surface area contributed by atoms with E-state index in [0.29, 0.717) is 6.54 Å². The molecule has 1 heterocycles. The lowest BCUT2D eigenvalue weighted by Crippen LogP contribution is -2.41. The molecule has 6 heteroatoms. The molecule has 0 radical (unpaired) electrons. The summed E-state index contributed by atoms with van der Waals surface area (Å²) in [5.41, 5.74) is 0. The first kappa shape index (κ1) is 12.3. The molecule has 0 spiro atoms. The summed E-state index contributed by atoms with van der Waals surface area (Å²) in [6, 6.07) is 0.0653. The van der Waals surface area contributed by atoms with Crippen LogP contribution in [0, 0.1) is 0 Å². The van der Waals surface area contributed by atoms with E-state index in [-0.39, 0.29) is 17.4 Å². The molecule has 0 aromatic rings.